The number of amides is 2. The number of carbonyl (C=O) groups excluding carboxylic acids is 1. The first kappa shape index (κ1) is 19.5. The molecule has 0 aromatic carbocycles. The number of nitrogens with zero attached hydrogens (tertiary/aromatic N) is 2. The Balaban J connectivity index is 1.86. The summed E-state index contributed by atoms with van der Waals surface area (Å²) in [5.41, 5.74) is 5.87. The molecule has 0 aromatic heterocycles. The second-order valence-corrected chi connectivity index (χ2v) is 7.83. The van der Waals surface area contributed by atoms with Gasteiger partial charge in [0, 0.05) is 38.3 Å². The van der Waals surface area contributed by atoms with E-state index in [0.717, 1.165) is 45.4 Å². The van der Waals surface area contributed by atoms with Gasteiger partial charge in [-0.25, -0.2) is 4.79 Å². The molecule has 2 rings (SSSR count). The lowest BCUT2D eigenvalue weighted by Crippen LogP contribution is -2.52. The molecule has 2 amide bonds. The minimum Gasteiger partial charge on any atom is -0.338 e. The molecule has 2 aliphatic rings. The van der Waals surface area contributed by atoms with Crippen LogP contribution in [0.25, 0.3) is 0 Å². The molecular weight excluding hydrogens is 300 g/mol. The molecule has 1 saturated heterocycles. The van der Waals surface area contributed by atoms with Gasteiger partial charge in [-0.15, -0.1) is 0 Å². The number of hydrogen-bond acceptors (Lipinski definition) is 3. The van der Waals surface area contributed by atoms with Crippen molar-refractivity contribution in [3.05, 3.63) is 0 Å². The van der Waals surface area contributed by atoms with Gasteiger partial charge in [0.15, 0.2) is 0 Å². The van der Waals surface area contributed by atoms with E-state index in [4.69, 9.17) is 5.73 Å². The monoisotopic (exact) mass is 338 g/mol. The van der Waals surface area contributed by atoms with Gasteiger partial charge in [0.05, 0.1) is 0 Å². The third-order valence-corrected chi connectivity index (χ3v) is 5.67. The van der Waals surface area contributed by atoms with Gasteiger partial charge < -0.3 is 20.9 Å². The Morgan fingerprint density at radius 1 is 1.21 bits per heavy atom. The van der Waals surface area contributed by atoms with Crippen LogP contribution < -0.4 is 11.1 Å². The number of hydrogen-bond donors (Lipinski definition) is 2. The van der Waals surface area contributed by atoms with E-state index in [0.29, 0.717) is 18.5 Å². The van der Waals surface area contributed by atoms with E-state index in [9.17, 15) is 4.79 Å². The molecule has 5 nitrogen and oxygen atoms in total. The predicted octanol–water partition coefficient (Wildman–Crippen LogP) is 2.80. The van der Waals surface area contributed by atoms with Crippen LogP contribution in [0.4, 0.5) is 4.79 Å². The molecule has 1 aliphatic carbocycles. The van der Waals surface area contributed by atoms with Gasteiger partial charge in [0.1, 0.15) is 0 Å². The van der Waals surface area contributed by atoms with Gasteiger partial charge in [-0.3, -0.25) is 0 Å². The van der Waals surface area contributed by atoms with Crippen LogP contribution in [-0.2, 0) is 0 Å². The van der Waals surface area contributed by atoms with E-state index in [1.54, 1.807) is 0 Å². The normalized spacial score (nSPS) is 22.3. The first-order chi connectivity index (χ1) is 11.6. The third kappa shape index (κ3) is 6.25. The Labute approximate surface area is 148 Å². The van der Waals surface area contributed by atoms with Gasteiger partial charge in [0.2, 0.25) is 0 Å². The van der Waals surface area contributed by atoms with Crippen molar-refractivity contribution in [3.8, 4) is 0 Å². The average Bonchev–Trinajstić information content (AvgIpc) is 2.59. The number of carbonyl (C=O) groups is 1. The first-order valence-electron chi connectivity index (χ1n) is 10.1. The van der Waals surface area contributed by atoms with Crippen LogP contribution in [0.3, 0.4) is 0 Å². The second-order valence-electron chi connectivity index (χ2n) is 7.83. The number of likely N-dealkylation sites (tertiary alicyclic amines) is 1. The van der Waals surface area contributed by atoms with Gasteiger partial charge in [-0.1, -0.05) is 19.3 Å². The van der Waals surface area contributed by atoms with E-state index < -0.39 is 0 Å². The van der Waals surface area contributed by atoms with E-state index >= 15 is 0 Å². The summed E-state index contributed by atoms with van der Waals surface area (Å²) >= 11 is 0. The molecule has 5 heteroatoms. The molecule has 0 aromatic rings. The van der Waals surface area contributed by atoms with E-state index in [1.165, 1.54) is 32.1 Å². The van der Waals surface area contributed by atoms with E-state index in [1.807, 2.05) is 6.92 Å². The quantitative estimate of drug-likeness (QED) is 0.750. The lowest BCUT2D eigenvalue weighted by Gasteiger charge is -2.40. The first-order valence-corrected chi connectivity index (χ1v) is 10.1. The highest BCUT2D eigenvalue weighted by Crippen LogP contribution is 2.27. The Kier molecular flexibility index (Phi) is 8.33. The third-order valence-electron chi connectivity index (χ3n) is 5.67. The van der Waals surface area contributed by atoms with Crippen molar-refractivity contribution >= 4 is 6.03 Å². The molecular formula is C19H38N4O. The van der Waals surface area contributed by atoms with Crippen LogP contribution in [0, 0.1) is 5.92 Å². The summed E-state index contributed by atoms with van der Waals surface area (Å²) in [5, 5.41) is 3.04. The number of rotatable bonds is 7. The van der Waals surface area contributed by atoms with E-state index in [-0.39, 0.29) is 12.1 Å². The molecule has 3 N–H and O–H groups in total. The topological polar surface area (TPSA) is 61.6 Å². The van der Waals surface area contributed by atoms with Crippen LogP contribution in [0.2, 0.25) is 0 Å². The van der Waals surface area contributed by atoms with Crippen LogP contribution in [0.1, 0.15) is 65.2 Å². The Bertz CT molecular complexity index is 360. The highest BCUT2D eigenvalue weighted by atomic mass is 16.2. The molecule has 24 heavy (non-hydrogen) atoms. The Morgan fingerprint density at radius 3 is 2.46 bits per heavy atom. The molecule has 0 unspecified atom stereocenters. The SMILES string of the molecule is CCNC(=O)N(CC1CCCCC1)C1CCN(CC[C@@H](C)N)CC1. The maximum Gasteiger partial charge on any atom is 0.317 e. The zero-order valence-corrected chi connectivity index (χ0v) is 15.8. The van der Waals surface area contributed by atoms with Crippen molar-refractivity contribution in [2.75, 3.05) is 32.7 Å². The molecule has 140 valence electrons. The highest BCUT2D eigenvalue weighted by molar-refractivity contribution is 5.74. The number of piperidine rings is 1. The van der Waals surface area contributed by atoms with Crippen molar-refractivity contribution in [2.45, 2.75) is 77.3 Å². The molecule has 1 saturated carbocycles. The fraction of sp³-hybridized carbons (Fsp3) is 0.947. The van der Waals surface area contributed by atoms with Crippen molar-refractivity contribution in [1.82, 2.24) is 15.1 Å². The number of nitrogens with one attached hydrogen (secondary N) is 1. The molecule has 2 fully saturated rings. The fourth-order valence-electron chi connectivity index (χ4n) is 4.14. The zero-order valence-electron chi connectivity index (χ0n) is 15.8. The fourth-order valence-corrected chi connectivity index (χ4v) is 4.14. The minimum atomic E-state index is 0.150. The van der Waals surface area contributed by atoms with Gasteiger partial charge in [0.25, 0.3) is 0 Å². The summed E-state index contributed by atoms with van der Waals surface area (Å²) in [7, 11) is 0. The van der Waals surface area contributed by atoms with Crippen molar-refractivity contribution in [1.29, 1.82) is 0 Å². The summed E-state index contributed by atoms with van der Waals surface area (Å²) in [6.45, 7) is 9.04. The second kappa shape index (κ2) is 10.2. The Morgan fingerprint density at radius 2 is 1.88 bits per heavy atom. The summed E-state index contributed by atoms with van der Waals surface area (Å²) in [4.78, 5) is 17.3. The standard InChI is InChI=1S/C19H38N4O/c1-3-21-19(24)23(15-17-7-5-4-6-8-17)18-10-13-22(14-11-18)12-9-16(2)20/h16-18H,3-15,20H2,1-2H3,(H,21,24)/t16-/m1/s1. The molecule has 0 spiro atoms. The van der Waals surface area contributed by atoms with Gasteiger partial charge in [-0.2, -0.15) is 0 Å². The van der Waals surface area contributed by atoms with Gasteiger partial charge >= 0.3 is 6.03 Å². The molecule has 1 heterocycles. The largest absolute Gasteiger partial charge is 0.338 e. The molecule has 0 radical (unpaired) electrons. The van der Waals surface area contributed by atoms with Crippen molar-refractivity contribution in [2.24, 2.45) is 11.7 Å². The lowest BCUT2D eigenvalue weighted by molar-refractivity contribution is 0.103. The van der Waals surface area contributed by atoms with Crippen molar-refractivity contribution in [3.63, 3.8) is 0 Å². The van der Waals surface area contributed by atoms with E-state index in [2.05, 4.69) is 22.0 Å². The van der Waals surface area contributed by atoms with Crippen LogP contribution in [0.15, 0.2) is 0 Å². The van der Waals surface area contributed by atoms with Crippen LogP contribution in [0.5, 0.6) is 0 Å². The summed E-state index contributed by atoms with van der Waals surface area (Å²) in [6.07, 6.45) is 9.90. The average molecular weight is 339 g/mol. The van der Waals surface area contributed by atoms with Crippen LogP contribution >= 0.6 is 0 Å². The van der Waals surface area contributed by atoms with Crippen molar-refractivity contribution < 1.29 is 4.79 Å². The highest BCUT2D eigenvalue weighted by Gasteiger charge is 2.30. The Hall–Kier alpha value is -0.810. The maximum atomic E-state index is 12.6. The van der Waals surface area contributed by atoms with Gasteiger partial charge in [-0.05, 0) is 58.4 Å². The smallest absolute Gasteiger partial charge is 0.317 e. The summed E-state index contributed by atoms with van der Waals surface area (Å²) in [5.74, 6) is 0.706. The molecule has 1 aliphatic heterocycles. The van der Waals surface area contributed by atoms with Crippen LogP contribution in [-0.4, -0.2) is 60.6 Å². The lowest BCUT2D eigenvalue weighted by atomic mass is 9.88. The minimum absolute atomic E-state index is 0.150. The summed E-state index contributed by atoms with van der Waals surface area (Å²) in [6, 6.07) is 0.836. The molecule has 0 bridgehead atoms. The predicted molar refractivity (Wildman–Crippen MR) is 100 cm³/mol. The number of nitrogens with two attached hydrogens (primary N) is 1. The maximum absolute atomic E-state index is 12.6. The summed E-state index contributed by atoms with van der Waals surface area (Å²) < 4.78 is 0. The molecule has 1 atom stereocenters. The zero-order chi connectivity index (χ0) is 17.4. The number of urea groups is 1.